The van der Waals surface area contributed by atoms with Gasteiger partial charge in [-0.05, 0) is 5.21 Å². The lowest BCUT2D eigenvalue weighted by Gasteiger charge is -2.04. The van der Waals surface area contributed by atoms with Gasteiger partial charge in [0.1, 0.15) is 0 Å². The molecule has 0 amide bonds. The first-order valence-electron chi connectivity index (χ1n) is 3.51. The molecule has 0 radical (unpaired) electrons. The van der Waals surface area contributed by atoms with E-state index in [4.69, 9.17) is 13.7 Å². The van der Waals surface area contributed by atoms with Gasteiger partial charge in [-0.2, -0.15) is 25.3 Å². The maximum absolute atomic E-state index is 10.9. The fourth-order valence-electron chi connectivity index (χ4n) is 0.844. The zero-order valence-electron chi connectivity index (χ0n) is 7.86. The number of aromatic nitrogens is 3. The molecule has 0 spiro atoms. The second-order valence-electron chi connectivity index (χ2n) is 2.65. The molecule has 3 N–H and O–H groups in total. The lowest BCUT2D eigenvalue weighted by atomic mass is 10.7. The Morgan fingerprint density at radius 3 is 1.22 bits per heavy atom. The predicted molar refractivity (Wildman–Crippen MR) is 49.3 cm³/mol. The molecule has 1 aromatic heterocycles. The van der Waals surface area contributed by atoms with Crippen molar-refractivity contribution in [2.24, 2.45) is 0 Å². The highest BCUT2D eigenvalue weighted by Crippen LogP contribution is 2.23. The minimum absolute atomic E-state index is 1.78. The monoisotopic (exact) mass is 321 g/mol. The summed E-state index contributed by atoms with van der Waals surface area (Å²) in [5, 5.41) is 4.12. The van der Waals surface area contributed by atoms with Gasteiger partial charge in [0.15, 0.2) is 4.90 Å². The molecule has 0 saturated heterocycles. The summed E-state index contributed by atoms with van der Waals surface area (Å²) in [5.74, 6) is 0. The van der Waals surface area contributed by atoms with E-state index in [2.05, 4.69) is 15.4 Å². The summed E-state index contributed by atoms with van der Waals surface area (Å²) < 4.78 is 90.7. The standard InChI is InChI=1S/C3H3N3O9S3/c7-16(8,9)1-2(17(10,11)12)4-6-5-3(1)18(13,14)15/h(H,7,8,9)(H,10,11,12)(H,13,14,15). The van der Waals surface area contributed by atoms with Gasteiger partial charge in [-0.1, -0.05) is 0 Å². The molecule has 18 heavy (non-hydrogen) atoms. The van der Waals surface area contributed by atoms with Gasteiger partial charge in [0.2, 0.25) is 10.1 Å². The van der Waals surface area contributed by atoms with Crippen molar-refractivity contribution < 1.29 is 38.9 Å². The first kappa shape index (κ1) is 14.8. The van der Waals surface area contributed by atoms with Gasteiger partial charge in [0.25, 0.3) is 0 Å². The highest BCUT2D eigenvalue weighted by atomic mass is 32.2. The van der Waals surface area contributed by atoms with Gasteiger partial charge in [0.05, 0.1) is 0 Å². The van der Waals surface area contributed by atoms with Crippen LogP contribution in [0.5, 0.6) is 0 Å². The van der Waals surface area contributed by atoms with E-state index in [9.17, 15) is 25.3 Å². The maximum atomic E-state index is 10.9. The molecule has 0 fully saturated rings. The SMILES string of the molecule is O=S(=O)(O)c1nnnc(S(=O)(=O)O)c1S(=O)(=O)O. The highest BCUT2D eigenvalue weighted by molar-refractivity contribution is 7.90. The summed E-state index contributed by atoms with van der Waals surface area (Å²) in [6, 6.07) is 0. The number of nitrogens with zero attached hydrogens (tertiary/aromatic N) is 3. The predicted octanol–water partition coefficient (Wildman–Crippen LogP) is -2.39. The Bertz CT molecular complexity index is 740. The van der Waals surface area contributed by atoms with Crippen molar-refractivity contribution in [2.75, 3.05) is 0 Å². The minimum Gasteiger partial charge on any atom is -0.282 e. The second kappa shape index (κ2) is 4.14. The van der Waals surface area contributed by atoms with Crippen LogP contribution in [0.25, 0.3) is 0 Å². The van der Waals surface area contributed by atoms with E-state index >= 15 is 0 Å². The Labute approximate surface area is 99.9 Å². The lowest BCUT2D eigenvalue weighted by Crippen LogP contribution is -2.19. The fourth-order valence-corrected chi connectivity index (χ4v) is 3.64. The van der Waals surface area contributed by atoms with Crippen molar-refractivity contribution in [1.82, 2.24) is 15.4 Å². The molecule has 0 saturated carbocycles. The number of hydrogen-bond acceptors (Lipinski definition) is 9. The van der Waals surface area contributed by atoms with E-state index in [1.165, 1.54) is 0 Å². The van der Waals surface area contributed by atoms with Crippen molar-refractivity contribution in [3.05, 3.63) is 0 Å². The van der Waals surface area contributed by atoms with Crippen LogP contribution in [0.3, 0.4) is 0 Å². The second-order valence-corrected chi connectivity index (χ2v) is 6.69. The molecule has 0 atom stereocenters. The third-order valence-corrected chi connectivity index (χ3v) is 4.12. The van der Waals surface area contributed by atoms with Crippen LogP contribution in [0, 0.1) is 0 Å². The van der Waals surface area contributed by atoms with Gasteiger partial charge in [-0.15, -0.1) is 10.2 Å². The van der Waals surface area contributed by atoms with Crippen molar-refractivity contribution in [2.45, 2.75) is 14.9 Å². The third kappa shape index (κ3) is 2.94. The van der Waals surface area contributed by atoms with Crippen LogP contribution >= 0.6 is 0 Å². The van der Waals surface area contributed by atoms with Crippen LogP contribution in [-0.4, -0.2) is 54.3 Å². The van der Waals surface area contributed by atoms with E-state index in [1.807, 2.05) is 0 Å². The average molecular weight is 321 g/mol. The van der Waals surface area contributed by atoms with Crippen LogP contribution < -0.4 is 0 Å². The summed E-state index contributed by atoms with van der Waals surface area (Å²) in [4.78, 5) is -1.90. The van der Waals surface area contributed by atoms with Crippen LogP contribution in [0.15, 0.2) is 14.9 Å². The Kier molecular flexibility index (Phi) is 3.40. The van der Waals surface area contributed by atoms with Crippen molar-refractivity contribution in [3.63, 3.8) is 0 Å². The third-order valence-electron chi connectivity index (χ3n) is 1.41. The van der Waals surface area contributed by atoms with Gasteiger partial charge >= 0.3 is 30.4 Å². The Balaban J connectivity index is 4.04. The Morgan fingerprint density at radius 2 is 1.00 bits per heavy atom. The zero-order valence-corrected chi connectivity index (χ0v) is 10.3. The quantitative estimate of drug-likeness (QED) is 0.499. The number of hydrogen-bond donors (Lipinski definition) is 3. The molecule has 1 aromatic rings. The summed E-state index contributed by atoms with van der Waals surface area (Å²) in [7, 11) is -16.1. The first-order valence-corrected chi connectivity index (χ1v) is 7.83. The molecular formula is C3H3N3O9S3. The van der Waals surface area contributed by atoms with E-state index in [0.29, 0.717) is 0 Å². The normalized spacial score (nSPS) is 13.5. The Hall–Kier alpha value is -1.26. The van der Waals surface area contributed by atoms with Crippen LogP contribution in [0.4, 0.5) is 0 Å². The van der Waals surface area contributed by atoms with Crippen molar-refractivity contribution >= 4 is 30.4 Å². The minimum atomic E-state index is -5.47. The molecule has 0 aliphatic carbocycles. The van der Waals surface area contributed by atoms with E-state index in [-0.39, 0.29) is 0 Å². The summed E-state index contributed by atoms with van der Waals surface area (Å²) in [5.41, 5.74) is 0. The summed E-state index contributed by atoms with van der Waals surface area (Å²) in [6.45, 7) is 0. The van der Waals surface area contributed by atoms with Crippen LogP contribution in [0.2, 0.25) is 0 Å². The van der Waals surface area contributed by atoms with Gasteiger partial charge in [-0.25, -0.2) is 0 Å². The summed E-state index contributed by atoms with van der Waals surface area (Å²) in [6.07, 6.45) is 0. The number of rotatable bonds is 3. The molecule has 12 nitrogen and oxygen atoms in total. The lowest BCUT2D eigenvalue weighted by molar-refractivity contribution is 0.437. The molecule has 102 valence electrons. The van der Waals surface area contributed by atoms with Crippen molar-refractivity contribution in [3.8, 4) is 0 Å². The molecular weight excluding hydrogens is 318 g/mol. The summed E-state index contributed by atoms with van der Waals surface area (Å²) >= 11 is 0. The molecule has 15 heteroatoms. The van der Waals surface area contributed by atoms with Gasteiger partial charge in [-0.3, -0.25) is 13.7 Å². The van der Waals surface area contributed by atoms with E-state index in [0.717, 1.165) is 0 Å². The average Bonchev–Trinajstić information content (AvgIpc) is 2.12. The molecule has 0 aliphatic rings. The first-order chi connectivity index (χ1) is 7.85. The van der Waals surface area contributed by atoms with E-state index < -0.39 is 45.3 Å². The molecule has 0 aliphatic heterocycles. The largest absolute Gasteiger partial charge is 0.315 e. The molecule has 0 bridgehead atoms. The highest BCUT2D eigenvalue weighted by Gasteiger charge is 2.35. The molecule has 0 aromatic carbocycles. The van der Waals surface area contributed by atoms with E-state index in [1.54, 1.807) is 0 Å². The Morgan fingerprint density at radius 1 is 0.667 bits per heavy atom. The fraction of sp³-hybridized carbons (Fsp3) is 0. The molecule has 0 unspecified atom stereocenters. The van der Waals surface area contributed by atoms with Gasteiger partial charge < -0.3 is 0 Å². The van der Waals surface area contributed by atoms with Gasteiger partial charge in [0, 0.05) is 0 Å². The smallest absolute Gasteiger partial charge is 0.282 e. The topological polar surface area (TPSA) is 202 Å². The zero-order chi connectivity index (χ0) is 14.4. The van der Waals surface area contributed by atoms with Crippen LogP contribution in [-0.2, 0) is 30.4 Å². The molecule has 1 heterocycles. The van der Waals surface area contributed by atoms with Crippen LogP contribution in [0.1, 0.15) is 0 Å². The van der Waals surface area contributed by atoms with Crippen molar-refractivity contribution in [1.29, 1.82) is 0 Å². The maximum Gasteiger partial charge on any atom is 0.315 e. The molecule has 1 rings (SSSR count).